The first-order valence-corrected chi connectivity index (χ1v) is 8.50. The quantitative estimate of drug-likeness (QED) is 0.723. The second-order valence-electron chi connectivity index (χ2n) is 5.06. The Bertz CT molecular complexity index is 598. The van der Waals surface area contributed by atoms with E-state index in [1.807, 2.05) is 37.4 Å². The van der Waals surface area contributed by atoms with Crippen LogP contribution in [0.4, 0.5) is 5.82 Å². The number of pyridine rings is 1. The molecule has 0 spiro atoms. The molecule has 0 fully saturated rings. The maximum atomic E-state index is 11.7. The molecule has 0 aliphatic rings. The zero-order chi connectivity index (χ0) is 15.8. The van der Waals surface area contributed by atoms with E-state index in [0.29, 0.717) is 13.0 Å². The molecule has 2 N–H and O–H groups in total. The van der Waals surface area contributed by atoms with E-state index in [1.54, 1.807) is 0 Å². The first-order valence-electron chi connectivity index (χ1n) is 7.31. The van der Waals surface area contributed by atoms with Crippen LogP contribution < -0.4 is 10.6 Å². The molecule has 0 saturated heterocycles. The lowest BCUT2D eigenvalue weighted by Gasteiger charge is -2.07. The Balaban J connectivity index is 1.54. The predicted molar refractivity (Wildman–Crippen MR) is 92.7 cm³/mol. The van der Waals surface area contributed by atoms with Crippen molar-refractivity contribution in [1.82, 2.24) is 10.3 Å². The zero-order valence-electron chi connectivity index (χ0n) is 12.6. The molecule has 0 aliphatic heterocycles. The van der Waals surface area contributed by atoms with Crippen molar-refractivity contribution in [3.63, 3.8) is 0 Å². The van der Waals surface area contributed by atoms with Gasteiger partial charge in [-0.1, -0.05) is 17.7 Å². The van der Waals surface area contributed by atoms with Crippen molar-refractivity contribution in [2.45, 2.75) is 26.2 Å². The van der Waals surface area contributed by atoms with Gasteiger partial charge in [0.25, 0.3) is 0 Å². The molecule has 2 aromatic heterocycles. The number of hydrogen-bond donors (Lipinski definition) is 2. The zero-order valence-corrected chi connectivity index (χ0v) is 14.1. The second kappa shape index (κ2) is 8.76. The van der Waals surface area contributed by atoms with Gasteiger partial charge in [-0.3, -0.25) is 4.79 Å². The topological polar surface area (TPSA) is 54.0 Å². The van der Waals surface area contributed by atoms with Crippen molar-refractivity contribution in [2.75, 3.05) is 18.4 Å². The molecule has 2 heterocycles. The lowest BCUT2D eigenvalue weighted by molar-refractivity contribution is -0.121. The third-order valence-electron chi connectivity index (χ3n) is 3.12. The minimum Gasteiger partial charge on any atom is -0.370 e. The summed E-state index contributed by atoms with van der Waals surface area (Å²) in [4.78, 5) is 17.1. The van der Waals surface area contributed by atoms with Crippen molar-refractivity contribution >= 4 is 34.7 Å². The molecule has 6 heteroatoms. The molecule has 0 atom stereocenters. The number of nitrogens with zero attached hydrogens (tertiary/aromatic N) is 1. The number of amides is 1. The Morgan fingerprint density at radius 2 is 2.14 bits per heavy atom. The van der Waals surface area contributed by atoms with Crippen molar-refractivity contribution in [2.24, 2.45) is 0 Å². The van der Waals surface area contributed by atoms with Gasteiger partial charge in [0.2, 0.25) is 5.91 Å². The normalized spacial score (nSPS) is 10.5. The Kier molecular flexibility index (Phi) is 6.68. The number of anilines is 1. The Morgan fingerprint density at radius 3 is 2.82 bits per heavy atom. The summed E-state index contributed by atoms with van der Waals surface area (Å²) in [5, 5.41) is 6.16. The highest BCUT2D eigenvalue weighted by Gasteiger charge is 2.03. The average molecular weight is 338 g/mol. The average Bonchev–Trinajstić information content (AvgIpc) is 2.92. The molecule has 1 amide bonds. The second-order valence-corrected chi connectivity index (χ2v) is 6.86. The number of thiophene rings is 1. The van der Waals surface area contributed by atoms with Gasteiger partial charge in [0.1, 0.15) is 5.82 Å². The maximum absolute atomic E-state index is 11.7. The lowest BCUT2D eigenvalue weighted by atomic mass is 10.2. The Labute approximate surface area is 139 Å². The summed E-state index contributed by atoms with van der Waals surface area (Å²) >= 11 is 7.39. The van der Waals surface area contributed by atoms with E-state index >= 15 is 0 Å². The molecule has 22 heavy (non-hydrogen) atoms. The number of carbonyl (C=O) groups excluding carboxylic acids is 1. The Morgan fingerprint density at radius 1 is 1.27 bits per heavy atom. The number of carbonyl (C=O) groups is 1. The van der Waals surface area contributed by atoms with Gasteiger partial charge in [-0.05, 0) is 43.5 Å². The van der Waals surface area contributed by atoms with Crippen molar-refractivity contribution < 1.29 is 4.79 Å². The van der Waals surface area contributed by atoms with Crippen molar-refractivity contribution in [3.8, 4) is 0 Å². The molecule has 0 aliphatic carbocycles. The van der Waals surface area contributed by atoms with E-state index in [-0.39, 0.29) is 5.91 Å². The summed E-state index contributed by atoms with van der Waals surface area (Å²) < 4.78 is 0.770. The maximum Gasteiger partial charge on any atom is 0.220 e. The summed E-state index contributed by atoms with van der Waals surface area (Å²) in [6, 6.07) is 7.82. The predicted octanol–water partition coefficient (Wildman–Crippen LogP) is 3.66. The van der Waals surface area contributed by atoms with Crippen LogP contribution in [-0.2, 0) is 11.2 Å². The van der Waals surface area contributed by atoms with E-state index in [0.717, 1.165) is 40.0 Å². The van der Waals surface area contributed by atoms with Crippen LogP contribution in [0.3, 0.4) is 0 Å². The van der Waals surface area contributed by atoms with Crippen molar-refractivity contribution in [3.05, 3.63) is 45.2 Å². The van der Waals surface area contributed by atoms with Crippen LogP contribution in [0, 0.1) is 6.92 Å². The largest absolute Gasteiger partial charge is 0.370 e. The highest BCUT2D eigenvalue weighted by molar-refractivity contribution is 7.16. The van der Waals surface area contributed by atoms with Gasteiger partial charge < -0.3 is 10.6 Å². The lowest BCUT2D eigenvalue weighted by Crippen LogP contribution is -2.26. The highest BCUT2D eigenvalue weighted by Crippen LogP contribution is 2.22. The minimum absolute atomic E-state index is 0.0815. The molecular formula is C16H20ClN3OS. The summed E-state index contributed by atoms with van der Waals surface area (Å²) in [6.07, 6.45) is 3.95. The van der Waals surface area contributed by atoms with Gasteiger partial charge in [-0.15, -0.1) is 11.3 Å². The van der Waals surface area contributed by atoms with Gasteiger partial charge >= 0.3 is 0 Å². The molecule has 0 saturated carbocycles. The number of hydrogen-bond acceptors (Lipinski definition) is 4. The van der Waals surface area contributed by atoms with E-state index < -0.39 is 0 Å². The van der Waals surface area contributed by atoms with Gasteiger partial charge in [-0.2, -0.15) is 0 Å². The molecule has 0 radical (unpaired) electrons. The number of nitrogens with one attached hydrogen (secondary N) is 2. The van der Waals surface area contributed by atoms with E-state index in [4.69, 9.17) is 11.6 Å². The summed E-state index contributed by atoms with van der Waals surface area (Å²) in [6.45, 7) is 3.47. The number of aromatic nitrogens is 1. The molecule has 0 aromatic carbocycles. The highest BCUT2D eigenvalue weighted by atomic mass is 35.5. The van der Waals surface area contributed by atoms with Crippen LogP contribution in [-0.4, -0.2) is 24.0 Å². The molecule has 2 rings (SSSR count). The molecular weight excluding hydrogens is 318 g/mol. The fourth-order valence-electron chi connectivity index (χ4n) is 1.92. The third kappa shape index (κ3) is 6.03. The summed E-state index contributed by atoms with van der Waals surface area (Å²) in [7, 11) is 0. The van der Waals surface area contributed by atoms with Crippen LogP contribution in [0.25, 0.3) is 0 Å². The van der Waals surface area contributed by atoms with Crippen LogP contribution in [0.5, 0.6) is 0 Å². The minimum atomic E-state index is 0.0815. The molecule has 118 valence electrons. The number of aryl methyl sites for hydroxylation is 2. The third-order valence-corrected chi connectivity index (χ3v) is 4.41. The Hall–Kier alpha value is -1.59. The number of rotatable bonds is 8. The SMILES string of the molecule is Cc1ccc(NCCCNC(=O)CCc2ccc(Cl)s2)nc1. The van der Waals surface area contributed by atoms with Gasteiger partial charge in [0, 0.05) is 30.6 Å². The fraction of sp³-hybridized carbons (Fsp3) is 0.375. The smallest absolute Gasteiger partial charge is 0.220 e. The van der Waals surface area contributed by atoms with Crippen LogP contribution in [0.1, 0.15) is 23.3 Å². The number of halogens is 1. The summed E-state index contributed by atoms with van der Waals surface area (Å²) in [5.41, 5.74) is 1.14. The van der Waals surface area contributed by atoms with Crippen LogP contribution >= 0.6 is 22.9 Å². The first kappa shape index (κ1) is 16.8. The molecule has 0 unspecified atom stereocenters. The first-order chi connectivity index (χ1) is 10.6. The monoisotopic (exact) mass is 337 g/mol. The van der Waals surface area contributed by atoms with Gasteiger partial charge in [-0.25, -0.2) is 4.98 Å². The van der Waals surface area contributed by atoms with Crippen LogP contribution in [0.15, 0.2) is 30.5 Å². The molecule has 2 aromatic rings. The van der Waals surface area contributed by atoms with E-state index in [1.165, 1.54) is 11.3 Å². The standard InChI is InChI=1S/C16H20ClN3OS/c1-12-3-7-15(20-11-12)18-9-2-10-19-16(21)8-5-13-4-6-14(17)22-13/h3-4,6-7,11H,2,5,8-10H2,1H3,(H,18,20)(H,19,21). The van der Waals surface area contributed by atoms with Gasteiger partial charge in [0.05, 0.1) is 4.34 Å². The molecule has 4 nitrogen and oxygen atoms in total. The summed E-state index contributed by atoms with van der Waals surface area (Å²) in [5.74, 6) is 0.949. The van der Waals surface area contributed by atoms with Crippen molar-refractivity contribution in [1.29, 1.82) is 0 Å². The van der Waals surface area contributed by atoms with Crippen LogP contribution in [0.2, 0.25) is 4.34 Å². The van der Waals surface area contributed by atoms with Gasteiger partial charge in [0.15, 0.2) is 0 Å². The van der Waals surface area contributed by atoms with E-state index in [2.05, 4.69) is 15.6 Å². The van der Waals surface area contributed by atoms with E-state index in [9.17, 15) is 4.79 Å². The fourth-order valence-corrected chi connectivity index (χ4v) is 3.00. The molecule has 0 bridgehead atoms.